The summed E-state index contributed by atoms with van der Waals surface area (Å²) in [5.41, 5.74) is 3.31. The first-order chi connectivity index (χ1) is 12.1. The number of hydrogen-bond donors (Lipinski definition) is 2. The molecule has 1 saturated heterocycles. The van der Waals surface area contributed by atoms with Crippen LogP contribution in [0, 0.1) is 13.8 Å². The average Bonchev–Trinajstić information content (AvgIpc) is 3.26. The van der Waals surface area contributed by atoms with Crippen LogP contribution in [0.4, 0.5) is 5.69 Å². The summed E-state index contributed by atoms with van der Waals surface area (Å²) in [4.78, 5) is 4.14. The van der Waals surface area contributed by atoms with Crippen molar-refractivity contribution in [1.29, 1.82) is 0 Å². The number of aliphatic hydroxyl groups excluding tert-OH is 1. The third-order valence-electron chi connectivity index (χ3n) is 4.94. The van der Waals surface area contributed by atoms with E-state index in [9.17, 15) is 5.11 Å². The number of hydrogen-bond acceptors (Lipinski definition) is 6. The minimum atomic E-state index is -0.667. The Morgan fingerprint density at radius 3 is 2.84 bits per heavy atom. The fourth-order valence-electron chi connectivity index (χ4n) is 3.34. The molecule has 2 atom stereocenters. The summed E-state index contributed by atoms with van der Waals surface area (Å²) in [6, 6.07) is 12.7. The molecule has 25 heavy (non-hydrogen) atoms. The molecule has 0 radical (unpaired) electrons. The van der Waals surface area contributed by atoms with Crippen LogP contribution in [0.1, 0.15) is 28.8 Å². The Hall–Kier alpha value is -2.02. The number of rotatable bonds is 4. The minimum Gasteiger partial charge on any atom is -0.373 e. The van der Waals surface area contributed by atoms with Gasteiger partial charge in [-0.05, 0) is 44.0 Å². The van der Waals surface area contributed by atoms with Gasteiger partial charge in [0.05, 0.1) is 10.6 Å². The van der Waals surface area contributed by atoms with E-state index in [4.69, 9.17) is 0 Å². The summed E-state index contributed by atoms with van der Waals surface area (Å²) in [5.74, 6) is 0. The highest BCUT2D eigenvalue weighted by Crippen LogP contribution is 2.31. The van der Waals surface area contributed by atoms with Crippen molar-refractivity contribution in [3.05, 3.63) is 52.5 Å². The second-order valence-corrected chi connectivity index (χ2v) is 7.68. The summed E-state index contributed by atoms with van der Waals surface area (Å²) < 4.78 is 0. The van der Waals surface area contributed by atoms with Crippen LogP contribution in [-0.2, 0) is 0 Å². The van der Waals surface area contributed by atoms with E-state index in [1.807, 2.05) is 19.1 Å². The molecule has 0 spiro atoms. The highest BCUT2D eigenvalue weighted by Gasteiger charge is 2.25. The number of nitrogens with one attached hydrogen (secondary N) is 1. The van der Waals surface area contributed by atoms with Crippen LogP contribution in [0.2, 0.25) is 0 Å². The second-order valence-electron chi connectivity index (χ2n) is 6.61. The van der Waals surface area contributed by atoms with Gasteiger partial charge in [-0.2, -0.15) is 5.10 Å². The standard InChI is InChI=1S/C19H22N4OS/c1-12-13(2)21-22-19-16(12)10-17(25-19)18(24)20-14-8-9-23(11-14)15-6-4-3-5-7-15/h3-7,10,14,18,20,24H,8-9,11H2,1-2H3. The summed E-state index contributed by atoms with van der Waals surface area (Å²) in [6.45, 7) is 5.93. The van der Waals surface area contributed by atoms with E-state index in [-0.39, 0.29) is 6.04 Å². The van der Waals surface area contributed by atoms with E-state index < -0.39 is 6.23 Å². The lowest BCUT2D eigenvalue weighted by Crippen LogP contribution is -2.35. The first-order valence-corrected chi connectivity index (χ1v) is 9.41. The van der Waals surface area contributed by atoms with E-state index in [1.54, 1.807) is 0 Å². The lowest BCUT2D eigenvalue weighted by Gasteiger charge is -2.20. The molecule has 2 N–H and O–H groups in total. The Labute approximate surface area is 151 Å². The molecule has 4 rings (SSSR count). The van der Waals surface area contributed by atoms with Crippen molar-refractivity contribution in [3.63, 3.8) is 0 Å². The zero-order valence-corrected chi connectivity index (χ0v) is 15.3. The summed E-state index contributed by atoms with van der Waals surface area (Å²) >= 11 is 1.51. The molecule has 130 valence electrons. The van der Waals surface area contributed by atoms with Gasteiger partial charge < -0.3 is 10.0 Å². The molecule has 2 unspecified atom stereocenters. The molecule has 1 aliphatic rings. The molecular formula is C19H22N4OS. The van der Waals surface area contributed by atoms with Crippen molar-refractivity contribution in [3.8, 4) is 0 Å². The SMILES string of the molecule is Cc1nnc2sc(C(O)NC3CCN(c4ccccc4)C3)cc2c1C. The third kappa shape index (κ3) is 3.25. The highest BCUT2D eigenvalue weighted by molar-refractivity contribution is 7.18. The van der Waals surface area contributed by atoms with Gasteiger partial charge in [-0.3, -0.25) is 5.32 Å². The van der Waals surface area contributed by atoms with Crippen LogP contribution in [0.15, 0.2) is 36.4 Å². The predicted octanol–water partition coefficient (Wildman–Crippen LogP) is 3.17. The number of aromatic nitrogens is 2. The molecule has 3 heterocycles. The van der Waals surface area contributed by atoms with Gasteiger partial charge in [0.2, 0.25) is 0 Å². The molecule has 1 fully saturated rings. The molecular weight excluding hydrogens is 332 g/mol. The summed E-state index contributed by atoms with van der Waals surface area (Å²) in [7, 11) is 0. The Kier molecular flexibility index (Phi) is 4.41. The van der Waals surface area contributed by atoms with Crippen LogP contribution in [0.3, 0.4) is 0 Å². The van der Waals surface area contributed by atoms with Gasteiger partial charge in [0.1, 0.15) is 11.1 Å². The second kappa shape index (κ2) is 6.71. The predicted molar refractivity (Wildman–Crippen MR) is 102 cm³/mol. The normalized spacial score (nSPS) is 18.8. The van der Waals surface area contributed by atoms with Gasteiger partial charge in [0.25, 0.3) is 0 Å². The van der Waals surface area contributed by atoms with Gasteiger partial charge in [0.15, 0.2) is 0 Å². The van der Waals surface area contributed by atoms with Gasteiger partial charge in [-0.1, -0.05) is 18.2 Å². The quantitative estimate of drug-likeness (QED) is 0.705. The molecule has 5 nitrogen and oxygen atoms in total. The van der Waals surface area contributed by atoms with Crippen LogP contribution in [0.5, 0.6) is 0 Å². The Bertz CT molecular complexity index is 880. The largest absolute Gasteiger partial charge is 0.373 e. The average molecular weight is 354 g/mol. The number of para-hydroxylation sites is 1. The topological polar surface area (TPSA) is 61.3 Å². The molecule has 0 amide bonds. The third-order valence-corrected chi connectivity index (χ3v) is 6.01. The highest BCUT2D eigenvalue weighted by atomic mass is 32.1. The molecule has 0 bridgehead atoms. The lowest BCUT2D eigenvalue weighted by atomic mass is 10.1. The molecule has 1 aromatic carbocycles. The van der Waals surface area contributed by atoms with Gasteiger partial charge in [-0.25, -0.2) is 0 Å². The number of fused-ring (bicyclic) bond motifs is 1. The number of benzene rings is 1. The fourth-order valence-corrected chi connectivity index (χ4v) is 4.33. The van der Waals surface area contributed by atoms with Crippen molar-refractivity contribution < 1.29 is 5.11 Å². The van der Waals surface area contributed by atoms with Crippen LogP contribution in [0.25, 0.3) is 10.2 Å². The monoisotopic (exact) mass is 354 g/mol. The van der Waals surface area contributed by atoms with Crippen molar-refractivity contribution in [2.75, 3.05) is 18.0 Å². The van der Waals surface area contributed by atoms with Crippen molar-refractivity contribution in [1.82, 2.24) is 15.5 Å². The van der Waals surface area contributed by atoms with Crippen molar-refractivity contribution in [2.24, 2.45) is 0 Å². The van der Waals surface area contributed by atoms with Crippen molar-refractivity contribution >= 4 is 27.2 Å². The Balaban J connectivity index is 1.46. The van der Waals surface area contributed by atoms with E-state index in [1.165, 1.54) is 17.0 Å². The number of aryl methyl sites for hydroxylation is 2. The van der Waals surface area contributed by atoms with Gasteiger partial charge in [0, 0.05) is 30.2 Å². The van der Waals surface area contributed by atoms with E-state index in [0.717, 1.165) is 45.9 Å². The van der Waals surface area contributed by atoms with E-state index in [0.29, 0.717) is 0 Å². The van der Waals surface area contributed by atoms with Crippen molar-refractivity contribution in [2.45, 2.75) is 32.5 Å². The van der Waals surface area contributed by atoms with Crippen LogP contribution < -0.4 is 10.2 Å². The zero-order chi connectivity index (χ0) is 17.4. The smallest absolute Gasteiger partial charge is 0.146 e. The molecule has 3 aromatic rings. The number of nitrogens with zero attached hydrogens (tertiary/aromatic N) is 3. The zero-order valence-electron chi connectivity index (χ0n) is 14.4. The van der Waals surface area contributed by atoms with Crippen LogP contribution in [-0.4, -0.2) is 34.4 Å². The Morgan fingerprint density at radius 2 is 2.04 bits per heavy atom. The molecule has 0 saturated carbocycles. The molecule has 6 heteroatoms. The maximum atomic E-state index is 10.6. The number of aliphatic hydroxyl groups is 1. The first-order valence-electron chi connectivity index (χ1n) is 8.59. The fraction of sp³-hybridized carbons (Fsp3) is 0.368. The van der Waals surface area contributed by atoms with E-state index in [2.05, 4.69) is 51.6 Å². The summed E-state index contributed by atoms with van der Waals surface area (Å²) in [6.07, 6.45) is 0.356. The Morgan fingerprint density at radius 1 is 1.24 bits per heavy atom. The maximum Gasteiger partial charge on any atom is 0.146 e. The summed E-state index contributed by atoms with van der Waals surface area (Å²) in [5, 5.41) is 23.5. The van der Waals surface area contributed by atoms with Gasteiger partial charge >= 0.3 is 0 Å². The molecule has 1 aliphatic heterocycles. The molecule has 0 aliphatic carbocycles. The minimum absolute atomic E-state index is 0.273. The number of thiophene rings is 1. The first kappa shape index (κ1) is 16.4. The van der Waals surface area contributed by atoms with E-state index >= 15 is 0 Å². The van der Waals surface area contributed by atoms with Crippen LogP contribution >= 0.6 is 11.3 Å². The van der Waals surface area contributed by atoms with Gasteiger partial charge in [-0.15, -0.1) is 16.4 Å². The lowest BCUT2D eigenvalue weighted by molar-refractivity contribution is 0.130. The molecule has 2 aromatic heterocycles. The maximum absolute atomic E-state index is 10.6. The number of anilines is 1.